The Kier molecular flexibility index (Phi) is 4.20. The number of nitrogens with one attached hydrogen (secondary N) is 1. The van der Waals surface area contributed by atoms with Crippen molar-refractivity contribution in [3.8, 4) is 11.5 Å². The predicted molar refractivity (Wildman–Crippen MR) is 74.7 cm³/mol. The maximum atomic E-state index is 12.8. The third-order valence-electron chi connectivity index (χ3n) is 2.77. The van der Waals surface area contributed by atoms with Crippen LogP contribution in [0, 0.1) is 11.2 Å². The van der Waals surface area contributed by atoms with Crippen LogP contribution in [-0.4, -0.2) is 12.9 Å². The smallest absolute Gasteiger partial charge is 0.129 e. The second-order valence-corrected chi connectivity index (χ2v) is 4.19. The van der Waals surface area contributed by atoms with Gasteiger partial charge < -0.3 is 15.2 Å². The van der Waals surface area contributed by atoms with Crippen LogP contribution < -0.4 is 15.2 Å². The number of benzene rings is 2. The van der Waals surface area contributed by atoms with Crippen molar-refractivity contribution in [1.29, 1.82) is 5.41 Å². The molecule has 0 amide bonds. The van der Waals surface area contributed by atoms with Gasteiger partial charge in [0.05, 0.1) is 12.7 Å². The minimum absolute atomic E-state index is 0.0644. The van der Waals surface area contributed by atoms with E-state index in [9.17, 15) is 4.39 Å². The van der Waals surface area contributed by atoms with E-state index >= 15 is 0 Å². The van der Waals surface area contributed by atoms with Crippen molar-refractivity contribution in [2.75, 3.05) is 7.11 Å². The minimum atomic E-state index is -0.305. The van der Waals surface area contributed by atoms with E-state index in [2.05, 4.69) is 0 Å². The quantitative estimate of drug-likeness (QED) is 0.650. The van der Waals surface area contributed by atoms with Crippen molar-refractivity contribution in [2.45, 2.75) is 6.61 Å². The molecule has 20 heavy (non-hydrogen) atoms. The Balaban J connectivity index is 2.11. The van der Waals surface area contributed by atoms with Gasteiger partial charge in [-0.2, -0.15) is 0 Å². The molecule has 0 spiro atoms. The fourth-order valence-electron chi connectivity index (χ4n) is 1.75. The summed E-state index contributed by atoms with van der Waals surface area (Å²) in [5.74, 6) is 0.751. The lowest BCUT2D eigenvalue weighted by molar-refractivity contribution is 0.305. The highest BCUT2D eigenvalue weighted by Crippen LogP contribution is 2.20. The van der Waals surface area contributed by atoms with Crippen LogP contribution in [0.4, 0.5) is 4.39 Å². The van der Waals surface area contributed by atoms with Gasteiger partial charge in [-0.25, -0.2) is 4.39 Å². The fraction of sp³-hybridized carbons (Fsp3) is 0.133. The number of hydrogen-bond donors (Lipinski definition) is 2. The molecule has 0 aliphatic carbocycles. The summed E-state index contributed by atoms with van der Waals surface area (Å²) in [5.41, 5.74) is 6.87. The van der Waals surface area contributed by atoms with Crippen LogP contribution in [0.25, 0.3) is 0 Å². The molecule has 2 aromatic rings. The number of nitrogen functional groups attached to an aromatic ring is 1. The topological polar surface area (TPSA) is 68.3 Å². The summed E-state index contributed by atoms with van der Waals surface area (Å²) >= 11 is 0. The van der Waals surface area contributed by atoms with E-state index in [-0.39, 0.29) is 11.7 Å². The third kappa shape index (κ3) is 3.26. The average molecular weight is 274 g/mol. The van der Waals surface area contributed by atoms with Gasteiger partial charge in [-0.05, 0) is 42.0 Å². The zero-order chi connectivity index (χ0) is 14.5. The molecule has 5 heteroatoms. The summed E-state index contributed by atoms with van der Waals surface area (Å²) in [6.07, 6.45) is 0. The van der Waals surface area contributed by atoms with Crippen molar-refractivity contribution in [1.82, 2.24) is 0 Å². The first-order chi connectivity index (χ1) is 9.60. The average Bonchev–Trinajstić information content (AvgIpc) is 2.46. The SMILES string of the molecule is COc1ccc(COc2ccc(F)cc2)cc1C(=N)N. The highest BCUT2D eigenvalue weighted by Gasteiger charge is 2.07. The molecule has 0 aliphatic heterocycles. The van der Waals surface area contributed by atoms with Crippen molar-refractivity contribution < 1.29 is 13.9 Å². The van der Waals surface area contributed by atoms with Crippen LogP contribution in [-0.2, 0) is 6.61 Å². The molecule has 2 rings (SSSR count). The summed E-state index contributed by atoms with van der Waals surface area (Å²) in [6, 6.07) is 11.1. The van der Waals surface area contributed by atoms with Crippen molar-refractivity contribution in [2.24, 2.45) is 5.73 Å². The summed E-state index contributed by atoms with van der Waals surface area (Å²) in [4.78, 5) is 0. The number of rotatable bonds is 5. The van der Waals surface area contributed by atoms with Crippen LogP contribution in [0.1, 0.15) is 11.1 Å². The third-order valence-corrected chi connectivity index (χ3v) is 2.77. The van der Waals surface area contributed by atoms with Crippen LogP contribution in [0.3, 0.4) is 0 Å². The Labute approximate surface area is 116 Å². The first-order valence-corrected chi connectivity index (χ1v) is 6.00. The second kappa shape index (κ2) is 6.06. The highest BCUT2D eigenvalue weighted by molar-refractivity contribution is 5.97. The van der Waals surface area contributed by atoms with Crippen LogP contribution in [0.2, 0.25) is 0 Å². The Bertz CT molecular complexity index is 612. The maximum Gasteiger partial charge on any atom is 0.129 e. The number of ether oxygens (including phenoxy) is 2. The molecule has 4 nitrogen and oxygen atoms in total. The van der Waals surface area contributed by atoms with Crippen LogP contribution in [0.15, 0.2) is 42.5 Å². The van der Waals surface area contributed by atoms with E-state index in [1.807, 2.05) is 6.07 Å². The number of nitrogens with two attached hydrogens (primary N) is 1. The number of methoxy groups -OCH3 is 1. The zero-order valence-corrected chi connectivity index (χ0v) is 11.0. The lowest BCUT2D eigenvalue weighted by Gasteiger charge is -2.10. The zero-order valence-electron chi connectivity index (χ0n) is 11.0. The van der Waals surface area contributed by atoms with Crippen LogP contribution >= 0.6 is 0 Å². The van der Waals surface area contributed by atoms with E-state index in [1.165, 1.54) is 19.2 Å². The van der Waals surface area contributed by atoms with E-state index in [4.69, 9.17) is 20.6 Å². The standard InChI is InChI=1S/C15H15FN2O2/c1-19-14-7-2-10(8-13(14)15(17)18)9-20-12-5-3-11(16)4-6-12/h2-8H,9H2,1H3,(H3,17,18). The summed E-state index contributed by atoms with van der Waals surface area (Å²) in [6.45, 7) is 0.301. The molecule has 0 atom stereocenters. The molecule has 0 aliphatic rings. The molecule has 0 saturated heterocycles. The van der Waals surface area contributed by atoms with Crippen LogP contribution in [0.5, 0.6) is 11.5 Å². The first-order valence-electron chi connectivity index (χ1n) is 6.00. The van der Waals surface area contributed by atoms with E-state index in [1.54, 1.807) is 24.3 Å². The highest BCUT2D eigenvalue weighted by atomic mass is 19.1. The lowest BCUT2D eigenvalue weighted by atomic mass is 10.1. The number of halogens is 1. The molecule has 0 heterocycles. The van der Waals surface area contributed by atoms with Crippen molar-refractivity contribution in [3.63, 3.8) is 0 Å². The van der Waals surface area contributed by atoms with Gasteiger partial charge in [0.2, 0.25) is 0 Å². The second-order valence-electron chi connectivity index (χ2n) is 4.19. The van der Waals surface area contributed by atoms with Gasteiger partial charge in [0.1, 0.15) is 29.8 Å². The summed E-state index contributed by atoms with van der Waals surface area (Å²) < 4.78 is 23.4. The first kappa shape index (κ1) is 13.9. The Hall–Kier alpha value is -2.56. The Morgan fingerprint density at radius 3 is 2.50 bits per heavy atom. The molecule has 0 radical (unpaired) electrons. The Morgan fingerprint density at radius 2 is 1.90 bits per heavy atom. The molecule has 0 saturated carbocycles. The minimum Gasteiger partial charge on any atom is -0.496 e. The van der Waals surface area contributed by atoms with Gasteiger partial charge in [-0.15, -0.1) is 0 Å². The van der Waals surface area contributed by atoms with Crippen molar-refractivity contribution in [3.05, 3.63) is 59.4 Å². The molecular formula is C15H15FN2O2. The molecule has 0 unspecified atom stereocenters. The largest absolute Gasteiger partial charge is 0.496 e. The summed E-state index contributed by atoms with van der Waals surface area (Å²) in [5, 5.41) is 7.51. The lowest BCUT2D eigenvalue weighted by Crippen LogP contribution is -2.13. The molecule has 2 aromatic carbocycles. The van der Waals surface area contributed by atoms with E-state index in [0.29, 0.717) is 23.7 Å². The number of amidine groups is 1. The molecule has 3 N–H and O–H groups in total. The van der Waals surface area contributed by atoms with Gasteiger partial charge >= 0.3 is 0 Å². The Morgan fingerprint density at radius 1 is 1.20 bits per heavy atom. The fourth-order valence-corrected chi connectivity index (χ4v) is 1.75. The van der Waals surface area contributed by atoms with E-state index < -0.39 is 0 Å². The maximum absolute atomic E-state index is 12.8. The predicted octanol–water partition coefficient (Wildman–Crippen LogP) is 2.70. The summed E-state index contributed by atoms with van der Waals surface area (Å²) in [7, 11) is 1.52. The van der Waals surface area contributed by atoms with Crippen molar-refractivity contribution >= 4 is 5.84 Å². The molecule has 0 aromatic heterocycles. The molecule has 104 valence electrons. The number of hydrogen-bond acceptors (Lipinski definition) is 3. The molecule has 0 fully saturated rings. The van der Waals surface area contributed by atoms with Gasteiger partial charge in [0.25, 0.3) is 0 Å². The normalized spacial score (nSPS) is 10.1. The van der Waals surface area contributed by atoms with E-state index in [0.717, 1.165) is 5.56 Å². The van der Waals surface area contributed by atoms with Gasteiger partial charge in [0, 0.05) is 0 Å². The molecular weight excluding hydrogens is 259 g/mol. The van der Waals surface area contributed by atoms with Gasteiger partial charge in [-0.3, -0.25) is 5.41 Å². The van der Waals surface area contributed by atoms with Gasteiger partial charge in [-0.1, -0.05) is 6.07 Å². The van der Waals surface area contributed by atoms with Gasteiger partial charge in [0.15, 0.2) is 0 Å². The molecule has 0 bridgehead atoms. The monoisotopic (exact) mass is 274 g/mol.